The smallest absolute Gasteiger partial charge is 0.269 e. The van der Waals surface area contributed by atoms with Crippen LogP contribution in [0.5, 0.6) is 0 Å². The minimum absolute atomic E-state index is 0.00502. The second kappa shape index (κ2) is 10.7. The third kappa shape index (κ3) is 5.19. The fourth-order valence-corrected chi connectivity index (χ4v) is 11.4. The molecule has 4 aliphatic carbocycles. The highest BCUT2D eigenvalue weighted by molar-refractivity contribution is 6.04. The molecule has 0 aliphatic heterocycles. The number of non-ortho nitro benzene ring substituents is 1. The van der Waals surface area contributed by atoms with E-state index in [-0.39, 0.29) is 51.4 Å². The lowest BCUT2D eigenvalue weighted by Gasteiger charge is -2.70. The lowest BCUT2D eigenvalue weighted by Crippen LogP contribution is -2.66. The van der Waals surface area contributed by atoms with Crippen LogP contribution in [0.25, 0.3) is 6.08 Å². The van der Waals surface area contributed by atoms with Crippen molar-refractivity contribution in [2.45, 2.75) is 130 Å². The standard InChI is InChI=1S/C37H55NO6/c1-32(2,41)16-9-17-37(8,42)26-14-18-36(7)30(26)27(39)21-29-34(5)22-24(20-23-10-12-25(13-11-23)38(43)44)31(40)33(3,4)28(34)15-19-35(29,36)6/h10-13,20,26-30,39,41-42H,9,14-19,21-22H2,1-8H3/b24-20+/t26-,27+,28-,29+,30-,34-,35+,36+,37+/m0/s1. The van der Waals surface area contributed by atoms with E-state index in [0.29, 0.717) is 25.7 Å². The molecule has 0 unspecified atom stereocenters. The minimum atomic E-state index is -0.918. The maximum absolute atomic E-state index is 14.0. The molecule has 0 radical (unpaired) electrons. The van der Waals surface area contributed by atoms with Crippen LogP contribution >= 0.6 is 0 Å². The predicted molar refractivity (Wildman–Crippen MR) is 173 cm³/mol. The van der Waals surface area contributed by atoms with Gasteiger partial charge in [-0.2, -0.15) is 0 Å². The Bertz CT molecular complexity index is 1320. The van der Waals surface area contributed by atoms with E-state index >= 15 is 0 Å². The number of allylic oxidation sites excluding steroid dienone is 1. The Balaban J connectivity index is 1.48. The van der Waals surface area contributed by atoms with Gasteiger partial charge in [0, 0.05) is 17.5 Å². The number of benzene rings is 1. The molecule has 0 amide bonds. The summed E-state index contributed by atoms with van der Waals surface area (Å²) in [5, 5.41) is 45.3. The lowest BCUT2D eigenvalue weighted by molar-refractivity contribution is -0.384. The molecule has 3 N–H and O–H groups in total. The normalized spacial score (nSPS) is 40.6. The van der Waals surface area contributed by atoms with E-state index in [0.717, 1.165) is 43.2 Å². The number of hydrogen-bond acceptors (Lipinski definition) is 6. The highest BCUT2D eigenvalue weighted by Gasteiger charge is 2.71. The molecule has 9 atom stereocenters. The van der Waals surface area contributed by atoms with Crippen LogP contribution in [-0.2, 0) is 4.79 Å². The molecule has 1 aromatic carbocycles. The van der Waals surface area contributed by atoms with Gasteiger partial charge in [-0.1, -0.05) is 34.6 Å². The Hall–Kier alpha value is -2.09. The van der Waals surface area contributed by atoms with Crippen molar-refractivity contribution in [2.75, 3.05) is 0 Å². The van der Waals surface area contributed by atoms with Crippen molar-refractivity contribution >= 4 is 17.5 Å². The molecule has 0 aromatic heterocycles. The average Bonchev–Trinajstić information content (AvgIpc) is 3.29. The molecule has 0 heterocycles. The third-order valence-corrected chi connectivity index (χ3v) is 13.7. The molecule has 244 valence electrons. The fourth-order valence-electron chi connectivity index (χ4n) is 11.4. The number of aliphatic hydroxyl groups is 3. The SMILES string of the molecule is CC(C)(O)CCC[C@@](C)(O)[C@H]1CC[C@]2(C)[C@@H]1[C@H](O)C[C@@H]1[C@@]3(C)C/C(=C\c4ccc([N+](=O)[O-])cc4)C(=O)C(C)(C)[C@@H]3CC[C@]12C. The third-order valence-electron chi connectivity index (χ3n) is 13.7. The molecule has 7 heteroatoms. The van der Waals surface area contributed by atoms with Crippen LogP contribution in [0.4, 0.5) is 5.69 Å². The van der Waals surface area contributed by atoms with Gasteiger partial charge in [0.15, 0.2) is 5.78 Å². The molecule has 0 saturated heterocycles. The number of carbonyl (C=O) groups is 1. The summed E-state index contributed by atoms with van der Waals surface area (Å²) in [5.74, 6) is 0.537. The molecule has 4 fully saturated rings. The summed E-state index contributed by atoms with van der Waals surface area (Å²) in [6.07, 6.45) is 8.45. The van der Waals surface area contributed by atoms with E-state index in [1.807, 2.05) is 26.8 Å². The van der Waals surface area contributed by atoms with Crippen LogP contribution in [0.2, 0.25) is 0 Å². The summed E-state index contributed by atoms with van der Waals surface area (Å²) in [7, 11) is 0. The number of nitro benzene ring substituents is 1. The van der Waals surface area contributed by atoms with Crippen LogP contribution in [0.1, 0.15) is 119 Å². The topological polar surface area (TPSA) is 121 Å². The Morgan fingerprint density at radius 2 is 1.57 bits per heavy atom. The van der Waals surface area contributed by atoms with E-state index in [1.165, 1.54) is 12.1 Å². The van der Waals surface area contributed by atoms with Gasteiger partial charge in [-0.15, -0.1) is 0 Å². The second-order valence-electron chi connectivity index (χ2n) is 17.2. The van der Waals surface area contributed by atoms with E-state index in [1.54, 1.807) is 12.1 Å². The van der Waals surface area contributed by atoms with Crippen molar-refractivity contribution in [1.82, 2.24) is 0 Å². The summed E-state index contributed by atoms with van der Waals surface area (Å²) in [5.41, 5.74) is -1.08. The molecule has 0 bridgehead atoms. The maximum atomic E-state index is 14.0. The Kier molecular flexibility index (Phi) is 8.12. The first-order chi connectivity index (χ1) is 20.2. The number of hydrogen-bond donors (Lipinski definition) is 3. The number of nitro groups is 1. The van der Waals surface area contributed by atoms with Gasteiger partial charge in [-0.3, -0.25) is 14.9 Å². The van der Waals surface area contributed by atoms with E-state index in [4.69, 9.17) is 0 Å². The molecule has 4 saturated carbocycles. The molecule has 7 nitrogen and oxygen atoms in total. The zero-order valence-corrected chi connectivity index (χ0v) is 28.2. The zero-order chi connectivity index (χ0) is 32.7. The van der Waals surface area contributed by atoms with Crippen LogP contribution in [0.15, 0.2) is 29.8 Å². The van der Waals surface area contributed by atoms with E-state index in [2.05, 4.69) is 34.6 Å². The first-order valence-corrected chi connectivity index (χ1v) is 16.8. The number of nitrogens with zero attached hydrogens (tertiary/aromatic N) is 1. The van der Waals surface area contributed by atoms with Crippen LogP contribution in [-0.4, -0.2) is 43.3 Å². The van der Waals surface area contributed by atoms with Crippen molar-refractivity contribution in [3.8, 4) is 0 Å². The number of carbonyl (C=O) groups excluding carboxylic acids is 1. The predicted octanol–water partition coefficient (Wildman–Crippen LogP) is 7.51. The van der Waals surface area contributed by atoms with Crippen molar-refractivity contribution in [1.29, 1.82) is 0 Å². The van der Waals surface area contributed by atoms with Gasteiger partial charge in [-0.05, 0) is 148 Å². The van der Waals surface area contributed by atoms with E-state index in [9.17, 15) is 30.2 Å². The minimum Gasteiger partial charge on any atom is -0.393 e. The van der Waals surface area contributed by atoms with Crippen molar-refractivity contribution in [2.24, 2.45) is 45.3 Å². The van der Waals surface area contributed by atoms with E-state index < -0.39 is 27.6 Å². The maximum Gasteiger partial charge on any atom is 0.269 e. The summed E-state index contributed by atoms with van der Waals surface area (Å²) in [4.78, 5) is 24.8. The summed E-state index contributed by atoms with van der Waals surface area (Å²) in [6.45, 7) is 16.9. The van der Waals surface area contributed by atoms with Gasteiger partial charge >= 0.3 is 0 Å². The quantitative estimate of drug-likeness (QED) is 0.167. The highest BCUT2D eigenvalue weighted by Crippen LogP contribution is 2.75. The highest BCUT2D eigenvalue weighted by atomic mass is 16.6. The summed E-state index contributed by atoms with van der Waals surface area (Å²) < 4.78 is 0. The van der Waals surface area contributed by atoms with Gasteiger partial charge in [0.2, 0.25) is 0 Å². The van der Waals surface area contributed by atoms with Gasteiger partial charge in [-0.25, -0.2) is 0 Å². The second-order valence-corrected chi connectivity index (χ2v) is 17.2. The van der Waals surface area contributed by atoms with Crippen molar-refractivity contribution in [3.63, 3.8) is 0 Å². The Morgan fingerprint density at radius 1 is 0.955 bits per heavy atom. The number of aliphatic hydroxyl groups excluding tert-OH is 1. The zero-order valence-electron chi connectivity index (χ0n) is 28.2. The average molecular weight is 610 g/mol. The number of fused-ring (bicyclic) bond motifs is 5. The van der Waals surface area contributed by atoms with Crippen LogP contribution in [0.3, 0.4) is 0 Å². The Labute approximate surface area is 263 Å². The van der Waals surface area contributed by atoms with Crippen LogP contribution in [0, 0.1) is 55.4 Å². The largest absolute Gasteiger partial charge is 0.393 e. The molecule has 0 spiro atoms. The molecule has 44 heavy (non-hydrogen) atoms. The van der Waals surface area contributed by atoms with Crippen molar-refractivity contribution in [3.05, 3.63) is 45.5 Å². The summed E-state index contributed by atoms with van der Waals surface area (Å²) in [6, 6.07) is 6.41. The number of ketones is 1. The lowest BCUT2D eigenvalue weighted by atomic mass is 9.35. The monoisotopic (exact) mass is 609 g/mol. The summed E-state index contributed by atoms with van der Waals surface area (Å²) >= 11 is 0. The molecular weight excluding hydrogens is 554 g/mol. The van der Waals surface area contributed by atoms with Gasteiger partial charge in [0.1, 0.15) is 0 Å². The number of rotatable bonds is 7. The van der Waals surface area contributed by atoms with Gasteiger partial charge in [0.25, 0.3) is 5.69 Å². The molecule has 5 rings (SSSR count). The first kappa shape index (κ1) is 33.3. The van der Waals surface area contributed by atoms with Gasteiger partial charge in [0.05, 0.1) is 22.2 Å². The van der Waals surface area contributed by atoms with Crippen LogP contribution < -0.4 is 0 Å². The van der Waals surface area contributed by atoms with Crippen molar-refractivity contribution < 1.29 is 25.0 Å². The molecule has 1 aromatic rings. The first-order valence-electron chi connectivity index (χ1n) is 16.8. The van der Waals surface area contributed by atoms with Gasteiger partial charge < -0.3 is 15.3 Å². The number of Topliss-reactive ketones (excluding diaryl/α,β-unsaturated/α-hetero) is 1. The fraction of sp³-hybridized carbons (Fsp3) is 0.757. The molecular formula is C37H55NO6. The molecule has 4 aliphatic rings. The Morgan fingerprint density at radius 3 is 2.16 bits per heavy atom.